The minimum atomic E-state index is 0.450. The first-order valence-corrected chi connectivity index (χ1v) is 7.90. The lowest BCUT2D eigenvalue weighted by Crippen LogP contribution is -2.45. The maximum Gasteiger partial charge on any atom is 0.155 e. The zero-order valence-corrected chi connectivity index (χ0v) is 12.8. The molecule has 0 spiro atoms. The van der Waals surface area contributed by atoms with Gasteiger partial charge in [-0.3, -0.25) is 9.38 Å². The van der Waals surface area contributed by atoms with Crippen LogP contribution in [0.2, 0.25) is 0 Å². The standard InChI is InChI=1S/C16H19N7/c1-2-13(11-22(6-1)15-3-4-18-12-21-15)19-8-14-9-20-16-10-17-5-7-23(14)16/h3-5,7,9-10,12-13,19H,1-2,6,8,11H2/t13-/m0/s1. The molecule has 0 saturated carbocycles. The maximum atomic E-state index is 4.38. The van der Waals surface area contributed by atoms with Crippen LogP contribution in [0.25, 0.3) is 5.65 Å². The highest BCUT2D eigenvalue weighted by Gasteiger charge is 2.20. The van der Waals surface area contributed by atoms with Crippen molar-refractivity contribution < 1.29 is 0 Å². The molecule has 1 aliphatic heterocycles. The Morgan fingerprint density at radius 3 is 3.09 bits per heavy atom. The van der Waals surface area contributed by atoms with Gasteiger partial charge in [-0.05, 0) is 18.9 Å². The van der Waals surface area contributed by atoms with E-state index in [0.29, 0.717) is 6.04 Å². The van der Waals surface area contributed by atoms with Gasteiger partial charge in [0.1, 0.15) is 12.1 Å². The first-order chi connectivity index (χ1) is 11.4. The van der Waals surface area contributed by atoms with Crippen LogP contribution in [-0.2, 0) is 6.54 Å². The lowest BCUT2D eigenvalue weighted by molar-refractivity contribution is 0.417. The molecule has 23 heavy (non-hydrogen) atoms. The molecule has 0 amide bonds. The number of nitrogens with one attached hydrogen (secondary N) is 1. The molecule has 1 aliphatic rings. The van der Waals surface area contributed by atoms with Crippen molar-refractivity contribution in [1.82, 2.24) is 29.7 Å². The Kier molecular flexibility index (Phi) is 3.85. The summed E-state index contributed by atoms with van der Waals surface area (Å²) in [5, 5.41) is 3.65. The molecule has 4 heterocycles. The Morgan fingerprint density at radius 2 is 2.17 bits per heavy atom. The highest BCUT2D eigenvalue weighted by Crippen LogP contribution is 2.17. The maximum absolute atomic E-state index is 4.38. The zero-order valence-electron chi connectivity index (χ0n) is 12.8. The average molecular weight is 309 g/mol. The van der Waals surface area contributed by atoms with Crippen LogP contribution in [0, 0.1) is 0 Å². The Morgan fingerprint density at radius 1 is 1.17 bits per heavy atom. The van der Waals surface area contributed by atoms with Crippen LogP contribution in [0.3, 0.4) is 0 Å². The summed E-state index contributed by atoms with van der Waals surface area (Å²) in [6.07, 6.45) is 13.2. The number of hydrogen-bond donors (Lipinski definition) is 1. The smallest absolute Gasteiger partial charge is 0.155 e. The molecule has 1 fully saturated rings. The number of hydrogen-bond acceptors (Lipinski definition) is 6. The quantitative estimate of drug-likeness (QED) is 0.783. The van der Waals surface area contributed by atoms with E-state index < -0.39 is 0 Å². The van der Waals surface area contributed by atoms with Crippen LogP contribution in [0.4, 0.5) is 5.82 Å². The first-order valence-electron chi connectivity index (χ1n) is 7.90. The molecule has 7 heteroatoms. The second kappa shape index (κ2) is 6.29. The zero-order chi connectivity index (χ0) is 15.5. The molecular formula is C16H19N7. The Labute approximate surface area is 134 Å². The van der Waals surface area contributed by atoms with E-state index in [1.165, 1.54) is 12.8 Å². The van der Waals surface area contributed by atoms with Crippen molar-refractivity contribution in [2.75, 3.05) is 18.0 Å². The fourth-order valence-corrected chi connectivity index (χ4v) is 3.10. The van der Waals surface area contributed by atoms with E-state index in [1.54, 1.807) is 24.9 Å². The van der Waals surface area contributed by atoms with Crippen LogP contribution in [0.1, 0.15) is 18.5 Å². The topological polar surface area (TPSA) is 71.2 Å². The Balaban J connectivity index is 1.41. The molecule has 1 atom stereocenters. The summed E-state index contributed by atoms with van der Waals surface area (Å²) in [6, 6.07) is 2.42. The minimum absolute atomic E-state index is 0.450. The third kappa shape index (κ3) is 3.00. The number of imidazole rings is 1. The second-order valence-corrected chi connectivity index (χ2v) is 5.79. The fourth-order valence-electron chi connectivity index (χ4n) is 3.10. The molecule has 1 saturated heterocycles. The number of aromatic nitrogens is 5. The van der Waals surface area contributed by atoms with Crippen molar-refractivity contribution in [3.05, 3.63) is 49.1 Å². The number of piperidine rings is 1. The Hall–Kier alpha value is -2.54. The van der Waals surface area contributed by atoms with Gasteiger partial charge in [-0.15, -0.1) is 0 Å². The van der Waals surface area contributed by atoms with Gasteiger partial charge in [0, 0.05) is 44.3 Å². The minimum Gasteiger partial charge on any atom is -0.355 e. The van der Waals surface area contributed by atoms with Crippen molar-refractivity contribution in [1.29, 1.82) is 0 Å². The van der Waals surface area contributed by atoms with Gasteiger partial charge in [0.25, 0.3) is 0 Å². The van der Waals surface area contributed by atoms with Crippen LogP contribution < -0.4 is 10.2 Å². The fraction of sp³-hybridized carbons (Fsp3) is 0.375. The molecule has 1 N–H and O–H groups in total. The van der Waals surface area contributed by atoms with Gasteiger partial charge >= 0.3 is 0 Å². The van der Waals surface area contributed by atoms with Gasteiger partial charge in [-0.25, -0.2) is 15.0 Å². The molecule has 0 aliphatic carbocycles. The summed E-state index contributed by atoms with van der Waals surface area (Å²) in [5.41, 5.74) is 2.04. The molecule has 0 unspecified atom stereocenters. The number of anilines is 1. The summed E-state index contributed by atoms with van der Waals surface area (Å²) in [4.78, 5) is 19.1. The summed E-state index contributed by atoms with van der Waals surface area (Å²) < 4.78 is 2.07. The molecule has 7 nitrogen and oxygen atoms in total. The van der Waals surface area contributed by atoms with Crippen LogP contribution in [0.15, 0.2) is 43.4 Å². The van der Waals surface area contributed by atoms with Crippen molar-refractivity contribution in [2.24, 2.45) is 0 Å². The third-order valence-electron chi connectivity index (χ3n) is 4.28. The summed E-state index contributed by atoms with van der Waals surface area (Å²) in [6.45, 7) is 2.82. The monoisotopic (exact) mass is 309 g/mol. The summed E-state index contributed by atoms with van der Waals surface area (Å²) >= 11 is 0. The highest BCUT2D eigenvalue weighted by molar-refractivity contribution is 5.38. The molecule has 3 aromatic rings. The normalized spacial score (nSPS) is 18.4. The van der Waals surface area contributed by atoms with Gasteiger partial charge < -0.3 is 10.2 Å². The van der Waals surface area contributed by atoms with E-state index >= 15 is 0 Å². The highest BCUT2D eigenvalue weighted by atomic mass is 15.2. The van der Waals surface area contributed by atoms with Crippen molar-refractivity contribution in [3.8, 4) is 0 Å². The van der Waals surface area contributed by atoms with Gasteiger partial charge in [-0.1, -0.05) is 0 Å². The predicted octanol–water partition coefficient (Wildman–Crippen LogP) is 1.28. The van der Waals surface area contributed by atoms with Crippen molar-refractivity contribution in [3.63, 3.8) is 0 Å². The molecule has 3 aromatic heterocycles. The second-order valence-electron chi connectivity index (χ2n) is 5.79. The molecular weight excluding hydrogens is 290 g/mol. The summed E-state index contributed by atoms with van der Waals surface area (Å²) in [7, 11) is 0. The van der Waals surface area contributed by atoms with Gasteiger partial charge in [-0.2, -0.15) is 0 Å². The molecule has 4 rings (SSSR count). The van der Waals surface area contributed by atoms with E-state index in [9.17, 15) is 0 Å². The van der Waals surface area contributed by atoms with Crippen LogP contribution in [0.5, 0.6) is 0 Å². The van der Waals surface area contributed by atoms with E-state index in [4.69, 9.17) is 0 Å². The van der Waals surface area contributed by atoms with Gasteiger partial charge in [0.15, 0.2) is 5.65 Å². The predicted molar refractivity (Wildman–Crippen MR) is 87.1 cm³/mol. The average Bonchev–Trinajstić information content (AvgIpc) is 3.04. The third-order valence-corrected chi connectivity index (χ3v) is 4.28. The lowest BCUT2D eigenvalue weighted by atomic mass is 10.1. The largest absolute Gasteiger partial charge is 0.355 e. The SMILES string of the molecule is c1cc(N2CCC[C@H](NCc3cnc4cnccn34)C2)ncn1. The molecule has 118 valence electrons. The van der Waals surface area contributed by atoms with Crippen LogP contribution >= 0.6 is 0 Å². The van der Waals surface area contributed by atoms with Crippen molar-refractivity contribution >= 4 is 11.5 Å². The number of rotatable bonds is 4. The molecule has 0 radical (unpaired) electrons. The number of nitrogens with zero attached hydrogens (tertiary/aromatic N) is 6. The van der Waals surface area contributed by atoms with Gasteiger partial charge in [0.2, 0.25) is 0 Å². The van der Waals surface area contributed by atoms with Crippen molar-refractivity contribution in [2.45, 2.75) is 25.4 Å². The van der Waals surface area contributed by atoms with E-state index in [1.807, 2.05) is 18.5 Å². The Bertz CT molecular complexity index is 770. The molecule has 0 bridgehead atoms. The first kappa shape index (κ1) is 14.1. The lowest BCUT2D eigenvalue weighted by Gasteiger charge is -2.34. The van der Waals surface area contributed by atoms with E-state index in [-0.39, 0.29) is 0 Å². The van der Waals surface area contributed by atoms with Gasteiger partial charge in [0.05, 0.1) is 18.1 Å². The number of fused-ring (bicyclic) bond motifs is 1. The van der Waals surface area contributed by atoms with E-state index in [0.717, 1.165) is 36.8 Å². The molecule has 0 aromatic carbocycles. The summed E-state index contributed by atoms with van der Waals surface area (Å²) in [5.74, 6) is 1.01. The van der Waals surface area contributed by atoms with Crippen LogP contribution in [-0.4, -0.2) is 43.5 Å². The van der Waals surface area contributed by atoms with E-state index in [2.05, 4.69) is 34.6 Å².